The third-order valence-corrected chi connectivity index (χ3v) is 6.00. The zero-order valence-electron chi connectivity index (χ0n) is 14.7. The summed E-state index contributed by atoms with van der Waals surface area (Å²) < 4.78 is 2.27. The average molecular weight is 353 g/mol. The van der Waals surface area contributed by atoms with Gasteiger partial charge in [-0.15, -0.1) is 11.3 Å². The Morgan fingerprint density at radius 1 is 1.28 bits per heavy atom. The zero-order valence-corrected chi connectivity index (χ0v) is 15.6. The summed E-state index contributed by atoms with van der Waals surface area (Å²) in [4.78, 5) is 19.4. The van der Waals surface area contributed by atoms with E-state index in [1.807, 2.05) is 10.3 Å². The predicted molar refractivity (Wildman–Crippen MR) is 103 cm³/mol. The molecule has 0 aliphatic carbocycles. The number of likely N-dealkylation sites (tertiary alicyclic amines) is 1. The summed E-state index contributed by atoms with van der Waals surface area (Å²) in [6.07, 6.45) is 2.18. The number of fused-ring (bicyclic) bond motifs is 1. The number of nitrogens with zero attached hydrogens (tertiary/aromatic N) is 3. The Labute approximate surface area is 152 Å². The standard InChI is InChI=1S/C20H23N3OS/c1-3-23-17-7-5-4-6-15(17)12-18(23)19-21-16(13-25-19)20(24)22-10-8-14(2)9-11-22/h4-7,12-14H,3,8-11H2,1-2H3. The maximum absolute atomic E-state index is 12.7. The highest BCUT2D eigenvalue weighted by atomic mass is 32.1. The average Bonchev–Trinajstić information content (AvgIpc) is 3.26. The first kappa shape index (κ1) is 16.3. The molecule has 2 aromatic heterocycles. The number of hydrogen-bond acceptors (Lipinski definition) is 3. The number of hydrogen-bond donors (Lipinski definition) is 0. The lowest BCUT2D eigenvalue weighted by Gasteiger charge is -2.29. The summed E-state index contributed by atoms with van der Waals surface area (Å²) in [7, 11) is 0. The van der Waals surface area contributed by atoms with Crippen molar-refractivity contribution < 1.29 is 4.79 Å². The largest absolute Gasteiger partial charge is 0.339 e. The molecule has 1 aliphatic rings. The Kier molecular flexibility index (Phi) is 4.34. The van der Waals surface area contributed by atoms with Gasteiger partial charge in [-0.1, -0.05) is 25.1 Å². The molecule has 0 bridgehead atoms. The first-order valence-electron chi connectivity index (χ1n) is 9.00. The minimum Gasteiger partial charge on any atom is -0.339 e. The second kappa shape index (κ2) is 6.64. The van der Waals surface area contributed by atoms with Gasteiger partial charge in [-0.3, -0.25) is 4.79 Å². The van der Waals surface area contributed by atoms with E-state index in [0.717, 1.165) is 49.1 Å². The molecular weight excluding hydrogens is 330 g/mol. The van der Waals surface area contributed by atoms with Crippen LogP contribution in [0.5, 0.6) is 0 Å². The Balaban J connectivity index is 1.64. The number of carbonyl (C=O) groups is 1. The third-order valence-electron chi connectivity index (χ3n) is 5.14. The van der Waals surface area contributed by atoms with Crippen LogP contribution in [0.4, 0.5) is 0 Å². The molecule has 1 fully saturated rings. The van der Waals surface area contributed by atoms with E-state index in [-0.39, 0.29) is 5.91 Å². The molecule has 1 aromatic carbocycles. The molecule has 25 heavy (non-hydrogen) atoms. The summed E-state index contributed by atoms with van der Waals surface area (Å²) >= 11 is 1.56. The van der Waals surface area contributed by atoms with E-state index in [9.17, 15) is 4.79 Å². The molecule has 1 amide bonds. The first-order valence-corrected chi connectivity index (χ1v) is 9.88. The summed E-state index contributed by atoms with van der Waals surface area (Å²) in [6, 6.07) is 10.6. The molecule has 130 valence electrons. The highest BCUT2D eigenvalue weighted by Gasteiger charge is 2.24. The normalized spacial score (nSPS) is 15.8. The van der Waals surface area contributed by atoms with Crippen molar-refractivity contribution in [2.75, 3.05) is 13.1 Å². The van der Waals surface area contributed by atoms with Crippen LogP contribution in [0.3, 0.4) is 0 Å². The molecular formula is C20H23N3OS. The molecule has 0 unspecified atom stereocenters. The second-order valence-corrected chi connectivity index (χ2v) is 7.70. The van der Waals surface area contributed by atoms with Crippen molar-refractivity contribution in [3.63, 3.8) is 0 Å². The number of aryl methyl sites for hydroxylation is 1. The van der Waals surface area contributed by atoms with Gasteiger partial charge in [0.2, 0.25) is 0 Å². The molecule has 1 aliphatic heterocycles. The third kappa shape index (κ3) is 2.97. The molecule has 0 spiro atoms. The number of carbonyl (C=O) groups excluding carboxylic acids is 1. The molecule has 0 saturated carbocycles. The minimum absolute atomic E-state index is 0.0774. The van der Waals surface area contributed by atoms with Crippen molar-refractivity contribution in [2.24, 2.45) is 5.92 Å². The van der Waals surface area contributed by atoms with Gasteiger partial charge in [0.25, 0.3) is 5.91 Å². The second-order valence-electron chi connectivity index (χ2n) is 6.85. The quantitative estimate of drug-likeness (QED) is 0.687. The predicted octanol–water partition coefficient (Wildman–Crippen LogP) is 4.66. The van der Waals surface area contributed by atoms with E-state index >= 15 is 0 Å². The Morgan fingerprint density at radius 2 is 2.04 bits per heavy atom. The molecule has 4 rings (SSSR count). The molecule has 0 atom stereocenters. The van der Waals surface area contributed by atoms with Gasteiger partial charge in [0.15, 0.2) is 0 Å². The van der Waals surface area contributed by atoms with Gasteiger partial charge >= 0.3 is 0 Å². The number of para-hydroxylation sites is 1. The molecule has 0 N–H and O–H groups in total. The van der Waals surface area contributed by atoms with Crippen molar-refractivity contribution in [1.29, 1.82) is 0 Å². The van der Waals surface area contributed by atoms with Crippen molar-refractivity contribution >= 4 is 28.1 Å². The number of thiazole rings is 1. The summed E-state index contributed by atoms with van der Waals surface area (Å²) in [5, 5.41) is 4.05. The lowest BCUT2D eigenvalue weighted by molar-refractivity contribution is 0.0692. The summed E-state index contributed by atoms with van der Waals surface area (Å²) in [5.74, 6) is 0.795. The van der Waals surface area contributed by atoms with Crippen molar-refractivity contribution in [3.8, 4) is 10.7 Å². The van der Waals surface area contributed by atoms with Crippen LogP contribution >= 0.6 is 11.3 Å². The number of amides is 1. The smallest absolute Gasteiger partial charge is 0.273 e. The van der Waals surface area contributed by atoms with Crippen LogP contribution in [-0.2, 0) is 6.54 Å². The van der Waals surface area contributed by atoms with E-state index in [2.05, 4.69) is 53.7 Å². The van der Waals surface area contributed by atoms with Crippen LogP contribution in [-0.4, -0.2) is 33.4 Å². The lowest BCUT2D eigenvalue weighted by Crippen LogP contribution is -2.38. The van der Waals surface area contributed by atoms with E-state index in [1.165, 1.54) is 10.9 Å². The van der Waals surface area contributed by atoms with Gasteiger partial charge in [-0.05, 0) is 37.8 Å². The first-order chi connectivity index (χ1) is 12.2. The minimum atomic E-state index is 0.0774. The highest BCUT2D eigenvalue weighted by Crippen LogP contribution is 2.31. The van der Waals surface area contributed by atoms with Gasteiger partial charge in [-0.2, -0.15) is 0 Å². The highest BCUT2D eigenvalue weighted by molar-refractivity contribution is 7.13. The van der Waals surface area contributed by atoms with Gasteiger partial charge in [-0.25, -0.2) is 4.98 Å². The summed E-state index contributed by atoms with van der Waals surface area (Å²) in [5.41, 5.74) is 2.90. The number of rotatable bonds is 3. The lowest BCUT2D eigenvalue weighted by atomic mass is 9.99. The number of aromatic nitrogens is 2. The van der Waals surface area contributed by atoms with E-state index in [4.69, 9.17) is 0 Å². The molecule has 4 nitrogen and oxygen atoms in total. The van der Waals surface area contributed by atoms with Crippen LogP contribution in [0.25, 0.3) is 21.6 Å². The molecule has 1 saturated heterocycles. The van der Waals surface area contributed by atoms with Gasteiger partial charge < -0.3 is 9.47 Å². The molecule has 3 aromatic rings. The molecule has 5 heteroatoms. The van der Waals surface area contributed by atoms with Crippen LogP contribution in [0.15, 0.2) is 35.7 Å². The van der Waals surface area contributed by atoms with E-state index in [0.29, 0.717) is 5.69 Å². The van der Waals surface area contributed by atoms with Crippen molar-refractivity contribution in [1.82, 2.24) is 14.5 Å². The van der Waals surface area contributed by atoms with Crippen LogP contribution < -0.4 is 0 Å². The van der Waals surface area contributed by atoms with Crippen LogP contribution in [0, 0.1) is 5.92 Å². The maximum Gasteiger partial charge on any atom is 0.273 e. The molecule has 0 radical (unpaired) electrons. The fraction of sp³-hybridized carbons (Fsp3) is 0.400. The Morgan fingerprint density at radius 3 is 2.80 bits per heavy atom. The topological polar surface area (TPSA) is 38.1 Å². The summed E-state index contributed by atoms with van der Waals surface area (Å²) in [6.45, 7) is 6.98. The van der Waals surface area contributed by atoms with Gasteiger partial charge in [0, 0.05) is 35.9 Å². The fourth-order valence-corrected chi connectivity index (χ4v) is 4.41. The number of benzene rings is 1. The van der Waals surface area contributed by atoms with Crippen molar-refractivity contribution in [3.05, 3.63) is 41.4 Å². The van der Waals surface area contributed by atoms with Gasteiger partial charge in [0.1, 0.15) is 10.7 Å². The molecule has 3 heterocycles. The zero-order chi connectivity index (χ0) is 17.4. The van der Waals surface area contributed by atoms with E-state index in [1.54, 1.807) is 11.3 Å². The SMILES string of the molecule is CCn1c(-c2nc(C(=O)N3CCC(C)CC3)cs2)cc2ccccc21. The maximum atomic E-state index is 12.7. The van der Waals surface area contributed by atoms with Gasteiger partial charge in [0.05, 0.1) is 5.69 Å². The van der Waals surface area contributed by atoms with Crippen LogP contribution in [0.1, 0.15) is 37.2 Å². The van der Waals surface area contributed by atoms with E-state index < -0.39 is 0 Å². The Bertz CT molecular complexity index is 903. The van der Waals surface area contributed by atoms with Crippen LogP contribution in [0.2, 0.25) is 0 Å². The van der Waals surface area contributed by atoms with Crippen molar-refractivity contribution in [2.45, 2.75) is 33.2 Å². The Hall–Kier alpha value is -2.14. The number of piperidine rings is 1. The monoisotopic (exact) mass is 353 g/mol. The fourth-order valence-electron chi connectivity index (χ4n) is 3.59.